The van der Waals surface area contributed by atoms with Gasteiger partial charge in [0, 0.05) is 0 Å². The molecule has 1 aromatic rings. The summed E-state index contributed by atoms with van der Waals surface area (Å²) in [6.07, 6.45) is 2.32. The van der Waals surface area contributed by atoms with Crippen LogP contribution in [0.5, 0.6) is 0 Å². The molecule has 0 saturated heterocycles. The van der Waals surface area contributed by atoms with Crippen LogP contribution in [0.2, 0.25) is 0 Å². The monoisotopic (exact) mass is 444 g/mol. The van der Waals surface area contributed by atoms with Crippen molar-refractivity contribution in [2.75, 3.05) is 0 Å². The maximum absolute atomic E-state index is 3.70. The van der Waals surface area contributed by atoms with Crippen LogP contribution < -0.4 is 47.7 Å². The summed E-state index contributed by atoms with van der Waals surface area (Å²) in [5.74, 6) is 0. The van der Waals surface area contributed by atoms with Crippen molar-refractivity contribution in [2.24, 2.45) is 0 Å². The number of halogens is 4. The second-order valence-corrected chi connectivity index (χ2v) is 7.28. The molecule has 1 aliphatic heterocycles. The maximum atomic E-state index is 3.70. The number of rotatable bonds is 0. The first-order valence-electron chi connectivity index (χ1n) is 4.35. The molecule has 1 heterocycles. The molecule has 2 aliphatic rings. The minimum Gasteiger partial charge on any atom is -1.00 e. The van der Waals surface area contributed by atoms with Gasteiger partial charge in [0.05, 0.1) is 0 Å². The Kier molecular flexibility index (Phi) is 7.71. The van der Waals surface area contributed by atoms with Gasteiger partial charge in [0.25, 0.3) is 0 Å². The van der Waals surface area contributed by atoms with Gasteiger partial charge in [-0.3, -0.25) is 0 Å². The molecule has 88 valence electrons. The van der Waals surface area contributed by atoms with Gasteiger partial charge in [-0.25, -0.2) is 0 Å². The first-order valence-corrected chi connectivity index (χ1v) is 7.38. The van der Waals surface area contributed by atoms with Crippen molar-refractivity contribution in [1.29, 1.82) is 0 Å². The molecule has 0 N–H and O–H groups in total. The molecule has 1 unspecified atom stereocenters. The largest absolute Gasteiger partial charge is 1.00 e. The van der Waals surface area contributed by atoms with Gasteiger partial charge in [0.15, 0.2) is 0 Å². The Bertz CT molecular complexity index is 570. The molecule has 6 heteroatoms. The molecule has 1 aliphatic carbocycles. The molecule has 3 rings (SSSR count). The Labute approximate surface area is 147 Å². The van der Waals surface area contributed by atoms with Crippen molar-refractivity contribution in [1.82, 2.24) is 0 Å². The standard InChI is InChI=1S/C11H6BrS.3ClH.Zr/c12-10-6-8-5-7-3-1-2-4-9(7)11(8)13-10;;;;/h1-5,10H;3*1H;/q;;;;+3/p-3. The van der Waals surface area contributed by atoms with Gasteiger partial charge in [0.2, 0.25) is 0 Å². The van der Waals surface area contributed by atoms with E-state index < -0.39 is 0 Å². The summed E-state index contributed by atoms with van der Waals surface area (Å²) in [6, 6.07) is 8.64. The summed E-state index contributed by atoms with van der Waals surface area (Å²) in [4.78, 5) is 1.47. The molecule has 0 nitrogen and oxygen atoms in total. The molecule has 17 heavy (non-hydrogen) atoms. The average molecular weight is 448 g/mol. The van der Waals surface area contributed by atoms with Gasteiger partial charge in [-0.15, -0.1) is 0 Å². The molecule has 0 fully saturated rings. The first-order chi connectivity index (χ1) is 6.77. The van der Waals surface area contributed by atoms with Gasteiger partial charge in [0.1, 0.15) is 0 Å². The Morgan fingerprint density at radius 1 is 1.12 bits per heavy atom. The summed E-state index contributed by atoms with van der Waals surface area (Å²) in [5.41, 5.74) is 1.47. The minimum absolute atomic E-state index is 0. The van der Waals surface area contributed by atoms with Crippen molar-refractivity contribution < 1.29 is 61.9 Å². The van der Waals surface area contributed by atoms with Gasteiger partial charge >= 0.3 is 111 Å². The van der Waals surface area contributed by atoms with E-state index in [4.69, 9.17) is 0 Å². The van der Waals surface area contributed by atoms with Crippen LogP contribution in [-0.4, -0.2) is 4.16 Å². The van der Waals surface area contributed by atoms with Crippen molar-refractivity contribution in [3.63, 3.8) is 0 Å². The molecule has 0 amide bonds. The van der Waals surface area contributed by atoms with E-state index in [-0.39, 0.29) is 37.2 Å². The van der Waals surface area contributed by atoms with E-state index in [1.54, 1.807) is 0 Å². The van der Waals surface area contributed by atoms with E-state index in [9.17, 15) is 0 Å². The molecule has 0 saturated carbocycles. The quantitative estimate of drug-likeness (QED) is 0.356. The predicted octanol–water partition coefficient (Wildman–Crippen LogP) is -7.13. The van der Waals surface area contributed by atoms with Crippen LogP contribution in [0, 0.1) is 0 Å². The smallest absolute Gasteiger partial charge is 1.00 e. The van der Waals surface area contributed by atoms with E-state index in [0.717, 1.165) is 0 Å². The maximum Gasteiger partial charge on any atom is -1.00 e. The number of thioether (sulfide) groups is 1. The van der Waals surface area contributed by atoms with Gasteiger partial charge in [-0.1, -0.05) is 0 Å². The Balaban J connectivity index is 0.000000853. The molecular weight excluding hydrogens is 442 g/mol. The van der Waals surface area contributed by atoms with Crippen molar-refractivity contribution in [3.05, 3.63) is 43.6 Å². The van der Waals surface area contributed by atoms with Crippen molar-refractivity contribution in [2.45, 2.75) is 4.16 Å². The van der Waals surface area contributed by atoms with E-state index in [1.807, 2.05) is 11.8 Å². The molecule has 0 aromatic heterocycles. The predicted molar refractivity (Wildman–Crippen MR) is 60.9 cm³/mol. The summed E-state index contributed by atoms with van der Waals surface area (Å²) in [7, 11) is 0. The zero-order chi connectivity index (χ0) is 9.71. The molecule has 0 spiro atoms. The Morgan fingerprint density at radius 2 is 1.76 bits per heavy atom. The van der Waals surface area contributed by atoms with E-state index in [1.165, 1.54) is 48.9 Å². The summed E-state index contributed by atoms with van der Waals surface area (Å²) < 4.78 is 2.05. The van der Waals surface area contributed by atoms with E-state index in [2.05, 4.69) is 46.3 Å². The molecule has 0 bridgehead atoms. The number of alkyl halides is 1. The summed E-state index contributed by atoms with van der Waals surface area (Å²) in [5, 5.41) is 2.79. The number of hydrogen-bond donors (Lipinski definition) is 0. The van der Waals surface area contributed by atoms with Crippen LogP contribution in [0.15, 0.2) is 33.1 Å². The SMILES string of the molecule is BrC1SC2=c3ccccc3=CC2=[C]1[Zr+3].[Cl-].[Cl-].[Cl-]. The van der Waals surface area contributed by atoms with Crippen LogP contribution in [0.3, 0.4) is 0 Å². The number of hydrogen-bond acceptors (Lipinski definition) is 1. The van der Waals surface area contributed by atoms with Crippen LogP contribution in [0.4, 0.5) is 0 Å². The second-order valence-electron chi connectivity index (χ2n) is 3.32. The van der Waals surface area contributed by atoms with Crippen LogP contribution in [0.25, 0.3) is 11.0 Å². The van der Waals surface area contributed by atoms with E-state index >= 15 is 0 Å². The summed E-state index contributed by atoms with van der Waals surface area (Å²) >= 11 is 7.16. The molecular formula is C11H6BrCl3SZr. The van der Waals surface area contributed by atoms with Crippen LogP contribution in [0.1, 0.15) is 0 Å². The average Bonchev–Trinajstić information content (AvgIpc) is 2.67. The van der Waals surface area contributed by atoms with Gasteiger partial charge in [-0.05, 0) is 0 Å². The number of benzene rings is 1. The molecule has 1 atom stereocenters. The number of fused-ring (bicyclic) bond motifs is 2. The van der Waals surface area contributed by atoms with Gasteiger partial charge < -0.3 is 37.2 Å². The third-order valence-corrected chi connectivity index (χ3v) is 7.55. The molecule has 0 radical (unpaired) electrons. The zero-order valence-electron chi connectivity index (χ0n) is 8.38. The Hall–Kier alpha value is 1.28. The fraction of sp³-hybridized carbons (Fsp3) is 0.0909. The van der Waals surface area contributed by atoms with Crippen LogP contribution in [-0.2, 0) is 24.7 Å². The summed E-state index contributed by atoms with van der Waals surface area (Å²) in [6.45, 7) is 0. The third-order valence-electron chi connectivity index (χ3n) is 2.49. The second kappa shape index (κ2) is 7.17. The van der Waals surface area contributed by atoms with Crippen molar-refractivity contribution in [3.8, 4) is 0 Å². The molecule has 1 aromatic carbocycles. The van der Waals surface area contributed by atoms with Crippen molar-refractivity contribution >= 4 is 38.7 Å². The third kappa shape index (κ3) is 3.07. The Morgan fingerprint density at radius 3 is 2.47 bits per heavy atom. The normalized spacial score (nSPS) is 19.5. The topological polar surface area (TPSA) is 0 Å². The fourth-order valence-electron chi connectivity index (χ4n) is 1.81. The first kappa shape index (κ1) is 18.3. The van der Waals surface area contributed by atoms with Crippen LogP contribution >= 0.6 is 27.7 Å². The van der Waals surface area contributed by atoms with Gasteiger partial charge in [-0.2, -0.15) is 0 Å². The fourth-order valence-corrected chi connectivity index (χ4v) is 4.82. The zero-order valence-corrected chi connectivity index (χ0v) is 15.5. The van der Waals surface area contributed by atoms with E-state index in [0.29, 0.717) is 4.16 Å². The minimum atomic E-state index is 0.